The van der Waals surface area contributed by atoms with Crippen molar-refractivity contribution in [2.24, 2.45) is 9.98 Å². The quantitative estimate of drug-likeness (QED) is 0.777. The van der Waals surface area contributed by atoms with E-state index in [4.69, 9.17) is 19.7 Å². The van der Waals surface area contributed by atoms with Gasteiger partial charge >= 0.3 is 0 Å². The summed E-state index contributed by atoms with van der Waals surface area (Å²) in [4.78, 5) is 29.7. The van der Waals surface area contributed by atoms with Crippen LogP contribution in [0.4, 0.5) is 0 Å². The second-order valence-electron chi connectivity index (χ2n) is 7.46. The number of nitrogens with zero attached hydrogens (tertiary/aromatic N) is 4. The number of amidine groups is 1. The molecule has 4 heterocycles. The molecule has 3 aliphatic rings. The summed E-state index contributed by atoms with van der Waals surface area (Å²) >= 11 is 1.54. The maximum Gasteiger partial charge on any atom is 0.244 e. The molecule has 152 valence electrons. The lowest BCUT2D eigenvalue weighted by Gasteiger charge is -2.33. The smallest absolute Gasteiger partial charge is 0.244 e. The fraction of sp³-hybridized carbons (Fsp3) is 0.500. The topological polar surface area (TPSA) is 91.2 Å². The minimum Gasteiger partial charge on any atom is -0.378 e. The van der Waals surface area contributed by atoms with Crippen molar-refractivity contribution in [2.75, 3.05) is 39.4 Å². The SMILES string of the molecule is O=C1NC(N2CCOCC2)=NC(=NC2CCCNC2)C1c1nc2ccccc2s1. The molecule has 2 unspecified atom stereocenters. The number of para-hydroxylation sites is 1. The number of benzene rings is 1. The van der Waals surface area contributed by atoms with Gasteiger partial charge in [-0.05, 0) is 31.5 Å². The molecule has 0 saturated carbocycles. The molecule has 1 aromatic heterocycles. The van der Waals surface area contributed by atoms with Gasteiger partial charge < -0.3 is 15.0 Å². The first kappa shape index (κ1) is 18.7. The third-order valence-corrected chi connectivity index (χ3v) is 6.53. The summed E-state index contributed by atoms with van der Waals surface area (Å²) < 4.78 is 6.50. The van der Waals surface area contributed by atoms with Crippen molar-refractivity contribution in [1.82, 2.24) is 20.5 Å². The number of nitrogens with one attached hydrogen (secondary N) is 2. The third-order valence-electron chi connectivity index (χ3n) is 5.43. The van der Waals surface area contributed by atoms with E-state index in [-0.39, 0.29) is 11.9 Å². The van der Waals surface area contributed by atoms with Gasteiger partial charge in [0.1, 0.15) is 16.8 Å². The number of carbonyl (C=O) groups is 1. The molecule has 2 N–H and O–H groups in total. The Labute approximate surface area is 173 Å². The highest BCUT2D eigenvalue weighted by Crippen LogP contribution is 2.31. The average Bonchev–Trinajstić information content (AvgIpc) is 3.18. The van der Waals surface area contributed by atoms with Gasteiger partial charge in [-0.25, -0.2) is 4.98 Å². The first-order valence-corrected chi connectivity index (χ1v) is 11.0. The van der Waals surface area contributed by atoms with Crippen LogP contribution in [-0.4, -0.2) is 73.0 Å². The maximum atomic E-state index is 13.2. The van der Waals surface area contributed by atoms with Crippen LogP contribution in [0.5, 0.6) is 0 Å². The Morgan fingerprint density at radius 1 is 1.24 bits per heavy atom. The number of fused-ring (bicyclic) bond motifs is 1. The second-order valence-corrected chi connectivity index (χ2v) is 8.53. The molecule has 2 saturated heterocycles. The standard InChI is InChI=1S/C20H24N6O2S/c27-18-16(19-23-14-5-1-2-6-15(14)29-19)17(22-13-4-3-7-21-12-13)24-20(25-18)26-8-10-28-11-9-26/h1-2,5-6,13,16,21H,3-4,7-12H2,(H,22,24,25,27). The zero-order chi connectivity index (χ0) is 19.6. The Hall–Kier alpha value is -2.36. The van der Waals surface area contributed by atoms with Crippen LogP contribution >= 0.6 is 11.3 Å². The molecular weight excluding hydrogens is 388 g/mol. The number of hydrogen-bond acceptors (Lipinski definition) is 7. The number of carbonyl (C=O) groups excluding carboxylic acids is 1. The summed E-state index contributed by atoms with van der Waals surface area (Å²) in [5.74, 6) is 0.475. The van der Waals surface area contributed by atoms with Crippen molar-refractivity contribution in [2.45, 2.75) is 24.8 Å². The predicted octanol–water partition coefficient (Wildman–Crippen LogP) is 1.35. The summed E-state index contributed by atoms with van der Waals surface area (Å²) in [6, 6.07) is 8.09. The van der Waals surface area contributed by atoms with Gasteiger partial charge in [-0.1, -0.05) is 12.1 Å². The lowest BCUT2D eigenvalue weighted by Crippen LogP contribution is -2.53. The molecule has 2 atom stereocenters. The van der Waals surface area contributed by atoms with Gasteiger partial charge in [-0.3, -0.25) is 15.1 Å². The first-order valence-electron chi connectivity index (χ1n) is 10.1. The van der Waals surface area contributed by atoms with Crippen LogP contribution in [0.25, 0.3) is 10.2 Å². The van der Waals surface area contributed by atoms with Crippen molar-refractivity contribution in [3.63, 3.8) is 0 Å². The Balaban J connectivity index is 1.53. The number of aromatic nitrogens is 1. The molecule has 2 fully saturated rings. The lowest BCUT2D eigenvalue weighted by molar-refractivity contribution is -0.120. The number of rotatable bonds is 2. The van der Waals surface area contributed by atoms with Crippen LogP contribution in [0, 0.1) is 0 Å². The molecule has 1 amide bonds. The summed E-state index contributed by atoms with van der Waals surface area (Å²) in [5, 5.41) is 7.13. The first-order chi connectivity index (χ1) is 14.3. The lowest BCUT2D eigenvalue weighted by atomic mass is 10.0. The number of thiazole rings is 1. The van der Waals surface area contributed by atoms with E-state index in [2.05, 4.69) is 15.5 Å². The van der Waals surface area contributed by atoms with Crippen molar-refractivity contribution >= 4 is 39.3 Å². The molecule has 9 heteroatoms. The summed E-state index contributed by atoms with van der Waals surface area (Å²) in [6.07, 6.45) is 2.09. The monoisotopic (exact) mass is 412 g/mol. The van der Waals surface area contributed by atoms with Gasteiger partial charge in [0.25, 0.3) is 0 Å². The summed E-state index contributed by atoms with van der Waals surface area (Å²) in [5.41, 5.74) is 0.905. The highest BCUT2D eigenvalue weighted by molar-refractivity contribution is 7.18. The van der Waals surface area contributed by atoms with Gasteiger partial charge in [0.2, 0.25) is 11.9 Å². The highest BCUT2D eigenvalue weighted by Gasteiger charge is 2.36. The van der Waals surface area contributed by atoms with Crippen molar-refractivity contribution in [3.8, 4) is 0 Å². The Kier molecular flexibility index (Phi) is 5.26. The molecule has 0 aliphatic carbocycles. The fourth-order valence-electron chi connectivity index (χ4n) is 3.90. The average molecular weight is 413 g/mol. The molecular formula is C20H24N6O2S. The van der Waals surface area contributed by atoms with Gasteiger partial charge in [-0.15, -0.1) is 11.3 Å². The molecule has 0 spiro atoms. The number of morpholine rings is 1. The van der Waals surface area contributed by atoms with Gasteiger partial charge in [0.05, 0.1) is 29.5 Å². The zero-order valence-electron chi connectivity index (χ0n) is 16.1. The largest absolute Gasteiger partial charge is 0.378 e. The minimum atomic E-state index is -0.570. The maximum absolute atomic E-state index is 13.2. The van der Waals surface area contributed by atoms with Crippen LogP contribution in [0.15, 0.2) is 34.3 Å². The van der Waals surface area contributed by atoms with Crippen molar-refractivity contribution < 1.29 is 9.53 Å². The van der Waals surface area contributed by atoms with Crippen LogP contribution < -0.4 is 10.6 Å². The number of aliphatic imine (C=N–C) groups is 2. The fourth-order valence-corrected chi connectivity index (χ4v) is 4.96. The zero-order valence-corrected chi connectivity index (χ0v) is 17.0. The number of ether oxygens (including phenoxy) is 1. The van der Waals surface area contributed by atoms with E-state index in [0.717, 1.165) is 41.2 Å². The molecule has 3 aliphatic heterocycles. The normalized spacial score (nSPS) is 27.2. The van der Waals surface area contributed by atoms with E-state index in [1.54, 1.807) is 0 Å². The Morgan fingerprint density at radius 2 is 2.10 bits per heavy atom. The minimum absolute atomic E-state index is 0.108. The highest BCUT2D eigenvalue weighted by atomic mass is 32.1. The van der Waals surface area contributed by atoms with Gasteiger partial charge in [0, 0.05) is 19.6 Å². The van der Waals surface area contributed by atoms with Gasteiger partial charge in [-0.2, -0.15) is 4.99 Å². The Morgan fingerprint density at radius 3 is 2.90 bits per heavy atom. The van der Waals surface area contributed by atoms with E-state index in [1.807, 2.05) is 24.3 Å². The van der Waals surface area contributed by atoms with Gasteiger partial charge in [0.15, 0.2) is 0 Å². The van der Waals surface area contributed by atoms with Crippen molar-refractivity contribution in [3.05, 3.63) is 29.3 Å². The van der Waals surface area contributed by atoms with E-state index in [9.17, 15) is 4.79 Å². The van der Waals surface area contributed by atoms with Crippen LogP contribution in [0.1, 0.15) is 23.8 Å². The molecule has 1 aromatic carbocycles. The van der Waals surface area contributed by atoms with E-state index in [0.29, 0.717) is 38.1 Å². The van der Waals surface area contributed by atoms with E-state index < -0.39 is 5.92 Å². The summed E-state index contributed by atoms with van der Waals surface area (Å²) in [7, 11) is 0. The molecule has 5 rings (SSSR count). The van der Waals surface area contributed by atoms with Crippen molar-refractivity contribution in [1.29, 1.82) is 0 Å². The predicted molar refractivity (Wildman–Crippen MR) is 114 cm³/mol. The van der Waals surface area contributed by atoms with Crippen LogP contribution in [0.2, 0.25) is 0 Å². The Bertz CT molecular complexity index is 926. The number of piperidine rings is 1. The number of hydrogen-bond donors (Lipinski definition) is 2. The van der Waals surface area contributed by atoms with Crippen LogP contribution in [-0.2, 0) is 9.53 Å². The van der Waals surface area contributed by atoms with Crippen LogP contribution in [0.3, 0.4) is 0 Å². The second kappa shape index (κ2) is 8.17. The summed E-state index contributed by atoms with van der Waals surface area (Å²) in [6.45, 7) is 4.53. The third kappa shape index (κ3) is 3.90. The van der Waals surface area contributed by atoms with E-state index >= 15 is 0 Å². The molecule has 8 nitrogen and oxygen atoms in total. The van der Waals surface area contributed by atoms with E-state index in [1.165, 1.54) is 11.3 Å². The molecule has 0 bridgehead atoms. The number of amides is 1. The molecule has 29 heavy (non-hydrogen) atoms. The molecule has 2 aromatic rings. The number of guanidine groups is 1. The molecule has 0 radical (unpaired) electrons.